The molecule has 4 aliphatic rings. The second-order valence-corrected chi connectivity index (χ2v) is 8.56. The molecule has 0 aromatic rings. The lowest BCUT2D eigenvalue weighted by Crippen LogP contribution is -1.92. The number of hydrogen-bond acceptors (Lipinski definition) is 2. The molecular formula is C20H26Cl2O2. The van der Waals surface area contributed by atoms with E-state index in [2.05, 4.69) is 13.8 Å². The van der Waals surface area contributed by atoms with E-state index in [1.165, 1.54) is 25.7 Å². The summed E-state index contributed by atoms with van der Waals surface area (Å²) in [4.78, 5) is 21.3. The average molecular weight is 369 g/mol. The van der Waals surface area contributed by atoms with Gasteiger partial charge in [-0.15, -0.1) is 0 Å². The molecule has 0 radical (unpaired) electrons. The van der Waals surface area contributed by atoms with Crippen LogP contribution in [0.1, 0.15) is 52.4 Å². The molecule has 0 N–H and O–H groups in total. The van der Waals surface area contributed by atoms with Gasteiger partial charge in [-0.2, -0.15) is 0 Å². The van der Waals surface area contributed by atoms with Gasteiger partial charge in [-0.25, -0.2) is 0 Å². The van der Waals surface area contributed by atoms with Crippen molar-refractivity contribution in [2.45, 2.75) is 52.4 Å². The van der Waals surface area contributed by atoms with Gasteiger partial charge in [0.25, 0.3) is 0 Å². The minimum Gasteiger partial charge on any atom is -0.298 e. The van der Waals surface area contributed by atoms with Crippen LogP contribution >= 0.6 is 23.2 Å². The van der Waals surface area contributed by atoms with Crippen molar-refractivity contribution in [3.63, 3.8) is 0 Å². The van der Waals surface area contributed by atoms with Crippen molar-refractivity contribution < 1.29 is 9.59 Å². The Morgan fingerprint density at radius 3 is 1.50 bits per heavy atom. The van der Waals surface area contributed by atoms with Gasteiger partial charge in [0.2, 0.25) is 0 Å². The number of halogens is 2. The maximum Gasteiger partial charge on any atom is 0.147 e. The molecule has 2 nitrogen and oxygen atoms in total. The summed E-state index contributed by atoms with van der Waals surface area (Å²) >= 11 is 11.8. The Kier molecular flexibility index (Phi) is 5.56. The zero-order valence-electron chi connectivity index (χ0n) is 14.4. The van der Waals surface area contributed by atoms with E-state index in [1.807, 2.05) is 0 Å². The summed E-state index contributed by atoms with van der Waals surface area (Å²) in [5.41, 5.74) is 1.81. The predicted molar refractivity (Wildman–Crippen MR) is 97.9 cm³/mol. The normalized spacial score (nSPS) is 38.3. The number of rotatable bonds is 6. The standard InChI is InChI=1S/2C10H13ClO/c2*1-2-3-6-7-4-9(11)8(5-12)10(6)7/h2*5-7,10H,2-4H2,1H3/t6-,7+,10-;6-,7-,10+/m01/s1. The maximum absolute atomic E-state index is 10.7. The largest absolute Gasteiger partial charge is 0.298 e. The van der Waals surface area contributed by atoms with Crippen LogP contribution in [0.3, 0.4) is 0 Å². The van der Waals surface area contributed by atoms with Gasteiger partial charge in [0.05, 0.1) is 0 Å². The van der Waals surface area contributed by atoms with Crippen LogP contribution in [0.5, 0.6) is 0 Å². The predicted octanol–water partition coefficient (Wildman–Crippen LogP) is 5.49. The lowest BCUT2D eigenvalue weighted by atomic mass is 10.1. The van der Waals surface area contributed by atoms with Gasteiger partial charge in [-0.3, -0.25) is 9.59 Å². The molecule has 2 saturated carbocycles. The number of carbonyl (C=O) groups excluding carboxylic acids is 2. The van der Waals surface area contributed by atoms with Crippen LogP contribution in [0.2, 0.25) is 0 Å². The van der Waals surface area contributed by atoms with Crippen LogP contribution in [0.25, 0.3) is 0 Å². The fourth-order valence-electron chi connectivity index (χ4n) is 5.12. The van der Waals surface area contributed by atoms with Crippen molar-refractivity contribution in [1.29, 1.82) is 0 Å². The molecule has 0 unspecified atom stereocenters. The highest BCUT2D eigenvalue weighted by Gasteiger charge is 2.56. The molecule has 132 valence electrons. The third-order valence-corrected chi connectivity index (χ3v) is 7.08. The van der Waals surface area contributed by atoms with Crippen molar-refractivity contribution in [2.75, 3.05) is 0 Å². The minimum absolute atomic E-state index is 0.537. The molecule has 4 aliphatic carbocycles. The summed E-state index contributed by atoms with van der Waals surface area (Å²) in [7, 11) is 0. The van der Waals surface area contributed by atoms with Gasteiger partial charge in [0.1, 0.15) is 12.6 Å². The molecule has 0 saturated heterocycles. The van der Waals surface area contributed by atoms with Crippen LogP contribution in [-0.4, -0.2) is 12.6 Å². The number of carbonyl (C=O) groups is 2. The summed E-state index contributed by atoms with van der Waals surface area (Å²) in [5, 5.41) is 1.65. The van der Waals surface area contributed by atoms with Gasteiger partial charge in [0.15, 0.2) is 0 Å². The number of fused-ring (bicyclic) bond motifs is 2. The number of aldehydes is 2. The lowest BCUT2D eigenvalue weighted by molar-refractivity contribution is -0.105. The molecule has 0 heterocycles. The zero-order chi connectivity index (χ0) is 17.4. The summed E-state index contributed by atoms with van der Waals surface area (Å²) in [6.45, 7) is 4.39. The topological polar surface area (TPSA) is 34.1 Å². The second-order valence-electron chi connectivity index (χ2n) is 7.65. The van der Waals surface area contributed by atoms with Crippen LogP contribution in [-0.2, 0) is 9.59 Å². The quantitative estimate of drug-likeness (QED) is 0.580. The highest BCUT2D eigenvalue weighted by molar-refractivity contribution is 6.32. The Hall–Kier alpha value is -0.600. The molecular weight excluding hydrogens is 343 g/mol. The van der Waals surface area contributed by atoms with Crippen LogP contribution in [0, 0.1) is 35.5 Å². The van der Waals surface area contributed by atoms with Crippen molar-refractivity contribution in [1.82, 2.24) is 0 Å². The van der Waals surface area contributed by atoms with Gasteiger partial charge in [-0.05, 0) is 61.2 Å². The Morgan fingerprint density at radius 1 is 0.833 bits per heavy atom. The van der Waals surface area contributed by atoms with E-state index in [4.69, 9.17) is 23.2 Å². The fourth-order valence-corrected chi connectivity index (χ4v) is 5.82. The Bertz CT molecular complexity index is 540. The molecule has 0 spiro atoms. The SMILES string of the molecule is CCC[C@@H]1[C@H]2CC(Cl)=C(C=O)[C@@H]12.CCC[C@H]1[C@H]2CC(Cl)=C(C=O)[C@H]21. The first-order valence-electron chi connectivity index (χ1n) is 9.26. The van der Waals surface area contributed by atoms with E-state index >= 15 is 0 Å². The Balaban J connectivity index is 0.000000141. The van der Waals surface area contributed by atoms with Crippen molar-refractivity contribution in [3.05, 3.63) is 21.2 Å². The monoisotopic (exact) mass is 368 g/mol. The minimum atomic E-state index is 0.537. The molecule has 0 aromatic carbocycles. The van der Waals surface area contributed by atoms with E-state index < -0.39 is 0 Å². The van der Waals surface area contributed by atoms with Crippen LogP contribution in [0.15, 0.2) is 21.2 Å². The highest BCUT2D eigenvalue weighted by atomic mass is 35.5. The van der Waals surface area contributed by atoms with Crippen molar-refractivity contribution >= 4 is 35.8 Å². The number of hydrogen-bond donors (Lipinski definition) is 0. The molecule has 4 rings (SSSR count). The molecule has 24 heavy (non-hydrogen) atoms. The molecule has 4 heteroatoms. The molecule has 0 bridgehead atoms. The molecule has 0 amide bonds. The van der Waals surface area contributed by atoms with Crippen LogP contribution < -0.4 is 0 Å². The van der Waals surface area contributed by atoms with E-state index in [-0.39, 0.29) is 0 Å². The van der Waals surface area contributed by atoms with E-state index in [1.54, 1.807) is 0 Å². The zero-order valence-corrected chi connectivity index (χ0v) is 15.9. The molecule has 0 aliphatic heterocycles. The van der Waals surface area contributed by atoms with E-state index in [0.29, 0.717) is 11.8 Å². The van der Waals surface area contributed by atoms with Crippen molar-refractivity contribution in [2.24, 2.45) is 35.5 Å². The van der Waals surface area contributed by atoms with E-state index in [9.17, 15) is 9.59 Å². The third kappa shape index (κ3) is 3.12. The maximum atomic E-state index is 10.7. The first-order valence-corrected chi connectivity index (χ1v) is 10.0. The lowest BCUT2D eigenvalue weighted by Gasteiger charge is -2.01. The first-order chi connectivity index (χ1) is 11.6. The van der Waals surface area contributed by atoms with Gasteiger partial charge >= 0.3 is 0 Å². The number of allylic oxidation sites excluding steroid dienone is 4. The highest BCUT2D eigenvalue weighted by Crippen LogP contribution is 2.62. The summed E-state index contributed by atoms with van der Waals surface area (Å²) in [6.07, 6.45) is 8.82. The first kappa shape index (κ1) is 18.2. The molecule has 6 atom stereocenters. The second kappa shape index (κ2) is 7.33. The summed E-state index contributed by atoms with van der Waals surface area (Å²) < 4.78 is 0. The Morgan fingerprint density at radius 2 is 1.21 bits per heavy atom. The van der Waals surface area contributed by atoms with Gasteiger partial charge in [0, 0.05) is 21.2 Å². The molecule has 2 fully saturated rings. The van der Waals surface area contributed by atoms with Gasteiger partial charge < -0.3 is 0 Å². The molecule has 0 aromatic heterocycles. The van der Waals surface area contributed by atoms with Crippen LogP contribution in [0.4, 0.5) is 0 Å². The average Bonchev–Trinajstić information content (AvgIpc) is 3.30. The van der Waals surface area contributed by atoms with Crippen molar-refractivity contribution in [3.8, 4) is 0 Å². The van der Waals surface area contributed by atoms with Gasteiger partial charge in [-0.1, -0.05) is 49.9 Å². The Labute approximate surface area is 154 Å². The summed E-state index contributed by atoms with van der Waals surface area (Å²) in [5.74, 6) is 4.07. The third-order valence-electron chi connectivity index (χ3n) is 6.34. The summed E-state index contributed by atoms with van der Waals surface area (Å²) in [6, 6.07) is 0. The smallest absolute Gasteiger partial charge is 0.147 e. The van der Waals surface area contributed by atoms with E-state index in [0.717, 1.165) is 70.3 Å². The fraction of sp³-hybridized carbons (Fsp3) is 0.700.